The number of carbonyl (C=O) groups excluding carboxylic acids is 4. The van der Waals surface area contributed by atoms with Crippen molar-refractivity contribution < 1.29 is 23.9 Å². The van der Waals surface area contributed by atoms with Gasteiger partial charge in [0, 0.05) is 28.1 Å². The number of nitrogens with one attached hydrogen (secondary N) is 1. The highest BCUT2D eigenvalue weighted by Crippen LogP contribution is 2.34. The van der Waals surface area contributed by atoms with E-state index in [1.807, 2.05) is 0 Å². The van der Waals surface area contributed by atoms with Crippen molar-refractivity contribution in [2.24, 2.45) is 0 Å². The lowest BCUT2D eigenvalue weighted by molar-refractivity contribution is -0.121. The minimum atomic E-state index is -0.544. The zero-order valence-corrected chi connectivity index (χ0v) is 19.4. The van der Waals surface area contributed by atoms with Crippen LogP contribution < -0.4 is 15.0 Å². The Morgan fingerprint density at radius 2 is 1.68 bits per heavy atom. The summed E-state index contributed by atoms with van der Waals surface area (Å²) in [5.41, 5.74) is 2.06. The molecule has 0 aliphatic carbocycles. The number of Topliss-reactive ketones (excluding diaryl/α,β-unsaturated/α-hetero) is 1. The monoisotopic (exact) mass is 474 g/mol. The highest BCUT2D eigenvalue weighted by Gasteiger charge is 2.40. The molecule has 7 nitrogen and oxygen atoms in total. The number of rotatable bonds is 7. The number of methoxy groups -OCH3 is 1. The molecular weight excluding hydrogens is 452 g/mol. The molecule has 1 N–H and O–H groups in total. The topological polar surface area (TPSA) is 92.8 Å². The molecule has 1 aliphatic rings. The molecule has 4 rings (SSSR count). The van der Waals surface area contributed by atoms with E-state index in [9.17, 15) is 19.2 Å². The number of hydrogen-bond acceptors (Lipinski definition) is 6. The number of benzene rings is 3. The van der Waals surface area contributed by atoms with Crippen LogP contribution in [-0.2, 0) is 9.59 Å². The fourth-order valence-corrected chi connectivity index (χ4v) is 4.62. The Bertz CT molecular complexity index is 1250. The quantitative estimate of drug-likeness (QED) is 0.398. The van der Waals surface area contributed by atoms with Gasteiger partial charge in [-0.1, -0.05) is 6.07 Å². The van der Waals surface area contributed by atoms with Gasteiger partial charge < -0.3 is 10.1 Å². The number of amides is 3. The lowest BCUT2D eigenvalue weighted by Crippen LogP contribution is -2.31. The molecule has 8 heteroatoms. The third-order valence-electron chi connectivity index (χ3n) is 5.36. The van der Waals surface area contributed by atoms with E-state index in [4.69, 9.17) is 4.74 Å². The largest absolute Gasteiger partial charge is 0.497 e. The normalized spacial score (nSPS) is 15.4. The molecule has 1 aliphatic heterocycles. The van der Waals surface area contributed by atoms with Gasteiger partial charge in [0.1, 0.15) is 5.75 Å². The summed E-state index contributed by atoms with van der Waals surface area (Å²) in [5, 5.41) is 2.29. The van der Waals surface area contributed by atoms with Gasteiger partial charge in [0.25, 0.3) is 5.91 Å². The molecule has 3 aromatic carbocycles. The molecule has 1 heterocycles. The van der Waals surface area contributed by atoms with E-state index in [0.29, 0.717) is 28.3 Å². The Balaban J connectivity index is 1.40. The van der Waals surface area contributed by atoms with Crippen LogP contribution in [0.3, 0.4) is 0 Å². The van der Waals surface area contributed by atoms with Gasteiger partial charge in [0.2, 0.25) is 11.8 Å². The molecule has 3 amide bonds. The maximum Gasteiger partial charge on any atom is 0.255 e. The van der Waals surface area contributed by atoms with Crippen molar-refractivity contribution in [3.8, 4) is 5.75 Å². The van der Waals surface area contributed by atoms with Crippen LogP contribution in [0, 0.1) is 0 Å². The number of imide groups is 1. The Morgan fingerprint density at radius 3 is 2.32 bits per heavy atom. The third-order valence-corrected chi connectivity index (χ3v) is 6.56. The van der Waals surface area contributed by atoms with Gasteiger partial charge in [0.15, 0.2) is 5.78 Å². The fourth-order valence-electron chi connectivity index (χ4n) is 3.56. The number of anilines is 2. The summed E-state index contributed by atoms with van der Waals surface area (Å²) in [7, 11) is 1.54. The average Bonchev–Trinajstić information content (AvgIpc) is 3.12. The molecular formula is C26H22N2O5S. The molecule has 0 radical (unpaired) electrons. The predicted octanol–water partition coefficient (Wildman–Crippen LogP) is 4.57. The number of hydrogen-bond donors (Lipinski definition) is 1. The lowest BCUT2D eigenvalue weighted by Gasteiger charge is -2.15. The summed E-state index contributed by atoms with van der Waals surface area (Å²) in [6, 6.07) is 20.4. The summed E-state index contributed by atoms with van der Waals surface area (Å²) < 4.78 is 5.15. The van der Waals surface area contributed by atoms with Crippen molar-refractivity contribution in [2.75, 3.05) is 17.3 Å². The third kappa shape index (κ3) is 5.02. The summed E-state index contributed by atoms with van der Waals surface area (Å²) >= 11 is 1.30. The maximum absolute atomic E-state index is 12.9. The molecule has 1 saturated heterocycles. The number of ether oxygens (including phenoxy) is 1. The first-order valence-corrected chi connectivity index (χ1v) is 11.4. The molecule has 34 heavy (non-hydrogen) atoms. The zero-order chi connectivity index (χ0) is 24.2. The highest BCUT2D eigenvalue weighted by atomic mass is 32.2. The van der Waals surface area contributed by atoms with Crippen LogP contribution in [0.1, 0.15) is 34.1 Å². The first-order valence-electron chi connectivity index (χ1n) is 10.6. The Hall–Kier alpha value is -3.91. The summed E-state index contributed by atoms with van der Waals surface area (Å²) in [6.07, 6.45) is 0.0896. The summed E-state index contributed by atoms with van der Waals surface area (Å²) in [5.74, 6) is -0.315. The van der Waals surface area contributed by atoms with Gasteiger partial charge in [0.05, 0.1) is 18.0 Å². The van der Waals surface area contributed by atoms with Gasteiger partial charge in [-0.25, -0.2) is 4.90 Å². The van der Waals surface area contributed by atoms with Crippen molar-refractivity contribution in [2.45, 2.75) is 23.5 Å². The summed E-state index contributed by atoms with van der Waals surface area (Å²) in [6.45, 7) is 1.46. The number of nitrogens with zero attached hydrogens (tertiary/aromatic N) is 1. The second kappa shape index (κ2) is 9.93. The van der Waals surface area contributed by atoms with Crippen molar-refractivity contribution in [3.05, 3.63) is 83.9 Å². The smallest absolute Gasteiger partial charge is 0.255 e. The minimum absolute atomic E-state index is 0.0813. The molecule has 172 valence electrons. The number of carbonyl (C=O) groups is 4. The number of thioether (sulfide) groups is 1. The lowest BCUT2D eigenvalue weighted by atomic mass is 10.1. The van der Waals surface area contributed by atoms with Gasteiger partial charge >= 0.3 is 0 Å². The standard InChI is InChI=1S/C26H22N2O5S/c1-16(29)17-6-10-20(11-7-17)28-24(30)15-23(26(28)32)34-22-12-8-19(9-13-22)27-25(31)18-4-3-5-21(14-18)33-2/h3-14,23H,15H2,1-2H3,(H,27,31). The Labute approximate surface area is 201 Å². The molecule has 0 saturated carbocycles. The maximum atomic E-state index is 12.9. The van der Waals surface area contributed by atoms with Gasteiger partial charge in [-0.05, 0) is 73.7 Å². The highest BCUT2D eigenvalue weighted by molar-refractivity contribution is 8.00. The SMILES string of the molecule is COc1cccc(C(=O)Nc2ccc(SC3CC(=O)N(c4ccc(C(C)=O)cc4)C3=O)cc2)c1. The van der Waals surface area contributed by atoms with E-state index in [1.54, 1.807) is 79.9 Å². The molecule has 1 unspecified atom stereocenters. The van der Waals surface area contributed by atoms with E-state index >= 15 is 0 Å². The molecule has 0 aromatic heterocycles. The van der Waals surface area contributed by atoms with Gasteiger partial charge in [-0.15, -0.1) is 11.8 Å². The van der Waals surface area contributed by atoms with E-state index in [0.717, 1.165) is 4.90 Å². The van der Waals surface area contributed by atoms with Crippen molar-refractivity contribution in [1.29, 1.82) is 0 Å². The van der Waals surface area contributed by atoms with Crippen LogP contribution in [0.15, 0.2) is 77.7 Å². The summed E-state index contributed by atoms with van der Waals surface area (Å²) in [4.78, 5) is 51.4. The average molecular weight is 475 g/mol. The second-order valence-corrected chi connectivity index (χ2v) is 8.97. The van der Waals surface area contributed by atoms with E-state index < -0.39 is 5.25 Å². The van der Waals surface area contributed by atoms with Crippen LogP contribution in [0.4, 0.5) is 11.4 Å². The molecule has 0 bridgehead atoms. The van der Waals surface area contributed by atoms with Crippen molar-refractivity contribution in [1.82, 2.24) is 0 Å². The molecule has 0 spiro atoms. The van der Waals surface area contributed by atoms with E-state index in [2.05, 4.69) is 5.32 Å². The minimum Gasteiger partial charge on any atom is -0.497 e. The zero-order valence-electron chi connectivity index (χ0n) is 18.6. The Kier molecular flexibility index (Phi) is 6.79. The van der Waals surface area contributed by atoms with Gasteiger partial charge in [-0.2, -0.15) is 0 Å². The van der Waals surface area contributed by atoms with E-state index in [1.165, 1.54) is 23.6 Å². The molecule has 1 fully saturated rings. The molecule has 3 aromatic rings. The first kappa shape index (κ1) is 23.3. The first-order chi connectivity index (χ1) is 16.4. The van der Waals surface area contributed by atoms with Crippen molar-refractivity contribution in [3.63, 3.8) is 0 Å². The van der Waals surface area contributed by atoms with Crippen LogP contribution in [0.2, 0.25) is 0 Å². The number of ketones is 1. The van der Waals surface area contributed by atoms with E-state index in [-0.39, 0.29) is 29.9 Å². The van der Waals surface area contributed by atoms with Crippen LogP contribution in [-0.4, -0.2) is 35.9 Å². The molecule has 1 atom stereocenters. The van der Waals surface area contributed by atoms with Crippen LogP contribution in [0.25, 0.3) is 0 Å². The van der Waals surface area contributed by atoms with Gasteiger partial charge in [-0.3, -0.25) is 19.2 Å². The predicted molar refractivity (Wildman–Crippen MR) is 131 cm³/mol. The van der Waals surface area contributed by atoms with Crippen molar-refractivity contribution >= 4 is 46.6 Å². The fraction of sp³-hybridized carbons (Fsp3) is 0.154. The van der Waals surface area contributed by atoms with Crippen LogP contribution in [0.5, 0.6) is 5.75 Å². The second-order valence-electron chi connectivity index (χ2n) is 7.69. The van der Waals surface area contributed by atoms with Crippen LogP contribution >= 0.6 is 11.8 Å². The Morgan fingerprint density at radius 1 is 0.971 bits per heavy atom.